The second-order valence-corrected chi connectivity index (χ2v) is 3.96. The fourth-order valence-electron chi connectivity index (χ4n) is 1.28. The molecular weight excluding hydrogens is 272 g/mol. The van der Waals surface area contributed by atoms with Gasteiger partial charge in [-0.1, -0.05) is 11.6 Å². The van der Waals surface area contributed by atoms with Crippen LogP contribution in [-0.2, 0) is 6.54 Å². The van der Waals surface area contributed by atoms with Gasteiger partial charge in [0.15, 0.2) is 5.75 Å². The first-order chi connectivity index (χ1) is 9.10. The van der Waals surface area contributed by atoms with Crippen LogP contribution in [-0.4, -0.2) is 14.9 Å². The van der Waals surface area contributed by atoms with Crippen molar-refractivity contribution in [1.29, 1.82) is 0 Å². The third-order valence-corrected chi connectivity index (χ3v) is 2.56. The summed E-state index contributed by atoms with van der Waals surface area (Å²) in [6.07, 6.45) is 3.02. The Balaban J connectivity index is 2.26. The second-order valence-electron chi connectivity index (χ2n) is 3.55. The summed E-state index contributed by atoms with van der Waals surface area (Å²) in [4.78, 5) is 18.0. The molecule has 1 aromatic heterocycles. The fourth-order valence-corrected chi connectivity index (χ4v) is 1.44. The number of aromatic nitrogens is 2. The summed E-state index contributed by atoms with van der Waals surface area (Å²) in [7, 11) is 0. The third kappa shape index (κ3) is 3.15. The van der Waals surface area contributed by atoms with E-state index in [1.165, 1.54) is 30.6 Å². The zero-order valence-electron chi connectivity index (χ0n) is 9.62. The van der Waals surface area contributed by atoms with Crippen molar-refractivity contribution in [1.82, 2.24) is 9.97 Å². The van der Waals surface area contributed by atoms with E-state index < -0.39 is 4.92 Å². The highest BCUT2D eigenvalue weighted by Gasteiger charge is 2.12. The first-order valence-corrected chi connectivity index (χ1v) is 5.60. The summed E-state index contributed by atoms with van der Waals surface area (Å²) < 4.78 is 5.30. The molecule has 0 unspecified atom stereocenters. The van der Waals surface area contributed by atoms with Crippen molar-refractivity contribution in [2.24, 2.45) is 5.73 Å². The number of nitro benzene ring substituents is 1. The number of hydrogen-bond acceptors (Lipinski definition) is 6. The zero-order chi connectivity index (χ0) is 13.8. The molecule has 0 fully saturated rings. The smallest absolute Gasteiger partial charge is 0.321 e. The molecule has 0 radical (unpaired) electrons. The van der Waals surface area contributed by atoms with E-state index in [0.29, 0.717) is 6.54 Å². The van der Waals surface area contributed by atoms with E-state index in [9.17, 15) is 10.1 Å². The van der Waals surface area contributed by atoms with Gasteiger partial charge in [-0.3, -0.25) is 10.1 Å². The molecule has 0 aliphatic rings. The van der Waals surface area contributed by atoms with Crippen LogP contribution in [0.2, 0.25) is 5.02 Å². The van der Waals surface area contributed by atoms with Crippen LogP contribution in [0, 0.1) is 10.1 Å². The Hall–Kier alpha value is -2.25. The summed E-state index contributed by atoms with van der Waals surface area (Å²) in [6.45, 7) is 0.317. The highest BCUT2D eigenvalue weighted by molar-refractivity contribution is 6.32. The minimum atomic E-state index is -0.540. The van der Waals surface area contributed by atoms with Crippen molar-refractivity contribution >= 4 is 17.3 Å². The normalized spacial score (nSPS) is 10.2. The van der Waals surface area contributed by atoms with Crippen molar-refractivity contribution in [3.63, 3.8) is 0 Å². The maximum atomic E-state index is 10.7. The van der Waals surface area contributed by atoms with Gasteiger partial charge in [-0.05, 0) is 6.07 Å². The Bertz CT molecular complexity index is 603. The van der Waals surface area contributed by atoms with Crippen molar-refractivity contribution < 1.29 is 9.66 Å². The molecule has 0 aliphatic carbocycles. The maximum Gasteiger partial charge on any atom is 0.321 e. The number of nitrogens with zero attached hydrogens (tertiary/aromatic N) is 3. The number of non-ortho nitro benzene ring substituents is 1. The van der Waals surface area contributed by atoms with E-state index in [1.54, 1.807) is 0 Å². The van der Waals surface area contributed by atoms with Gasteiger partial charge >= 0.3 is 6.01 Å². The monoisotopic (exact) mass is 280 g/mol. The minimum Gasteiger partial charge on any atom is -0.422 e. The summed E-state index contributed by atoms with van der Waals surface area (Å²) in [6, 6.07) is 3.92. The Morgan fingerprint density at radius 1 is 1.37 bits per heavy atom. The van der Waals surface area contributed by atoms with E-state index in [1.807, 2.05) is 0 Å². The number of halogens is 1. The van der Waals surface area contributed by atoms with Crippen molar-refractivity contribution in [2.45, 2.75) is 6.54 Å². The van der Waals surface area contributed by atoms with Crippen LogP contribution in [0.15, 0.2) is 30.6 Å². The molecule has 2 aromatic rings. The first kappa shape index (κ1) is 13.2. The van der Waals surface area contributed by atoms with Gasteiger partial charge in [-0.15, -0.1) is 0 Å². The van der Waals surface area contributed by atoms with Gasteiger partial charge in [0.1, 0.15) is 0 Å². The Morgan fingerprint density at radius 2 is 2.05 bits per heavy atom. The largest absolute Gasteiger partial charge is 0.422 e. The summed E-state index contributed by atoms with van der Waals surface area (Å²) >= 11 is 5.89. The number of rotatable bonds is 4. The average Bonchev–Trinajstić information content (AvgIpc) is 2.42. The molecular formula is C11H9ClN4O3. The van der Waals surface area contributed by atoms with E-state index in [4.69, 9.17) is 22.1 Å². The molecule has 0 aliphatic heterocycles. The zero-order valence-corrected chi connectivity index (χ0v) is 10.4. The highest BCUT2D eigenvalue weighted by Crippen LogP contribution is 2.31. The molecule has 19 heavy (non-hydrogen) atoms. The van der Waals surface area contributed by atoms with Gasteiger partial charge in [0, 0.05) is 30.6 Å². The maximum absolute atomic E-state index is 10.7. The van der Waals surface area contributed by atoms with Crippen molar-refractivity contribution in [3.8, 4) is 11.8 Å². The highest BCUT2D eigenvalue weighted by atomic mass is 35.5. The number of hydrogen-bond donors (Lipinski definition) is 1. The topological polar surface area (TPSA) is 104 Å². The van der Waals surface area contributed by atoms with Crippen LogP contribution in [0.1, 0.15) is 5.56 Å². The van der Waals surface area contributed by atoms with Crippen molar-refractivity contribution in [2.75, 3.05) is 0 Å². The van der Waals surface area contributed by atoms with Gasteiger partial charge in [0.2, 0.25) is 0 Å². The summed E-state index contributed by atoms with van der Waals surface area (Å²) in [5, 5.41) is 10.9. The Kier molecular flexibility index (Phi) is 3.88. The summed E-state index contributed by atoms with van der Waals surface area (Å²) in [5.74, 6) is 0.122. The molecule has 0 bridgehead atoms. The fraction of sp³-hybridized carbons (Fsp3) is 0.0909. The van der Waals surface area contributed by atoms with Crippen LogP contribution in [0.4, 0.5) is 5.69 Å². The average molecular weight is 281 g/mol. The van der Waals surface area contributed by atoms with Crippen LogP contribution in [0.5, 0.6) is 11.8 Å². The molecule has 2 N–H and O–H groups in total. The molecule has 8 heteroatoms. The lowest BCUT2D eigenvalue weighted by molar-refractivity contribution is -0.384. The van der Waals surface area contributed by atoms with E-state index in [2.05, 4.69) is 9.97 Å². The van der Waals surface area contributed by atoms with E-state index in [-0.39, 0.29) is 22.5 Å². The Morgan fingerprint density at radius 3 is 2.63 bits per heavy atom. The Labute approximate surface area is 113 Å². The molecule has 0 saturated carbocycles. The van der Waals surface area contributed by atoms with Gasteiger partial charge in [-0.25, -0.2) is 9.97 Å². The molecule has 2 rings (SSSR count). The molecule has 7 nitrogen and oxygen atoms in total. The van der Waals surface area contributed by atoms with Gasteiger partial charge < -0.3 is 10.5 Å². The predicted molar refractivity (Wildman–Crippen MR) is 68.1 cm³/mol. The second kappa shape index (κ2) is 5.59. The van der Waals surface area contributed by atoms with Crippen molar-refractivity contribution in [3.05, 3.63) is 51.3 Å². The lowest BCUT2D eigenvalue weighted by atomic mass is 10.3. The number of ether oxygens (including phenoxy) is 1. The molecule has 1 heterocycles. The van der Waals surface area contributed by atoms with Crippen LogP contribution in [0.25, 0.3) is 0 Å². The molecule has 0 spiro atoms. The first-order valence-electron chi connectivity index (χ1n) is 5.23. The number of nitrogens with two attached hydrogens (primary N) is 1. The van der Waals surface area contributed by atoms with Gasteiger partial charge in [0.25, 0.3) is 5.69 Å². The summed E-state index contributed by atoms with van der Waals surface area (Å²) in [5.41, 5.74) is 6.03. The van der Waals surface area contributed by atoms with Crippen LogP contribution in [0.3, 0.4) is 0 Å². The molecule has 98 valence electrons. The molecule has 0 atom stereocenters. The molecule has 1 aromatic carbocycles. The molecule has 0 saturated heterocycles. The number of nitro groups is 1. The molecule has 0 amide bonds. The predicted octanol–water partition coefficient (Wildman–Crippen LogP) is 2.29. The van der Waals surface area contributed by atoms with Gasteiger partial charge in [-0.2, -0.15) is 0 Å². The van der Waals surface area contributed by atoms with Crippen LogP contribution >= 0.6 is 11.6 Å². The van der Waals surface area contributed by atoms with Gasteiger partial charge in [0.05, 0.1) is 16.0 Å². The standard InChI is InChI=1S/C11H9ClN4O3/c12-9-2-1-8(16(17)18)3-10(9)19-11-14-5-7(4-13)6-15-11/h1-3,5-6H,4,13H2. The number of benzene rings is 1. The quantitative estimate of drug-likeness (QED) is 0.680. The van der Waals surface area contributed by atoms with E-state index >= 15 is 0 Å². The van der Waals surface area contributed by atoms with E-state index in [0.717, 1.165) is 5.56 Å². The minimum absolute atomic E-state index is 0.0413. The lowest BCUT2D eigenvalue weighted by Gasteiger charge is -2.05. The third-order valence-electron chi connectivity index (χ3n) is 2.24. The lowest BCUT2D eigenvalue weighted by Crippen LogP contribution is -1.99. The van der Waals surface area contributed by atoms with Crippen LogP contribution < -0.4 is 10.5 Å². The SMILES string of the molecule is NCc1cnc(Oc2cc([N+](=O)[O-])ccc2Cl)nc1.